The fourth-order valence-corrected chi connectivity index (χ4v) is 4.25. The number of carbonyl (C=O) groups is 1. The second-order valence-electron chi connectivity index (χ2n) is 5.88. The number of nitrogens with one attached hydrogen (secondary N) is 1. The van der Waals surface area contributed by atoms with Crippen molar-refractivity contribution in [2.45, 2.75) is 24.8 Å². The minimum absolute atomic E-state index is 0.156. The van der Waals surface area contributed by atoms with E-state index in [4.69, 9.17) is 18.0 Å². The van der Waals surface area contributed by atoms with Crippen LogP contribution >= 0.6 is 12.2 Å². The lowest BCUT2D eigenvalue weighted by Crippen LogP contribution is -2.53. The molecule has 0 radical (unpaired) electrons. The van der Waals surface area contributed by atoms with Gasteiger partial charge in [-0.05, 0) is 50.3 Å². The maximum absolute atomic E-state index is 12.7. The van der Waals surface area contributed by atoms with Crippen LogP contribution in [0.2, 0.25) is 0 Å². The summed E-state index contributed by atoms with van der Waals surface area (Å²) >= 11 is 5.32. The van der Waals surface area contributed by atoms with Crippen molar-refractivity contribution < 1.29 is 13.2 Å². The van der Waals surface area contributed by atoms with E-state index in [2.05, 4.69) is 5.32 Å². The molecular formula is C15H22N4O3S2. The van der Waals surface area contributed by atoms with Gasteiger partial charge < -0.3 is 16.0 Å². The molecule has 0 atom stereocenters. The first kappa shape index (κ1) is 18.6. The lowest BCUT2D eigenvalue weighted by Gasteiger charge is -2.36. The maximum atomic E-state index is 12.7. The maximum Gasteiger partial charge on any atom is 0.248 e. The molecule has 1 saturated heterocycles. The van der Waals surface area contributed by atoms with Gasteiger partial charge in [0.2, 0.25) is 15.9 Å². The number of amides is 1. The number of nitrogens with zero attached hydrogens (tertiary/aromatic N) is 2. The number of sulfonamides is 1. The molecule has 3 N–H and O–H groups in total. The Morgan fingerprint density at radius 1 is 1.17 bits per heavy atom. The Morgan fingerprint density at radius 3 is 2.17 bits per heavy atom. The summed E-state index contributed by atoms with van der Waals surface area (Å²) in [6, 6.07) is 5.91. The molecule has 1 aromatic rings. The lowest BCUT2D eigenvalue weighted by atomic mass is 10.2. The van der Waals surface area contributed by atoms with Gasteiger partial charge in [-0.3, -0.25) is 4.79 Å². The van der Waals surface area contributed by atoms with E-state index in [9.17, 15) is 13.2 Å². The van der Waals surface area contributed by atoms with Gasteiger partial charge in [-0.25, -0.2) is 8.42 Å². The largest absolute Gasteiger partial charge is 0.366 e. The van der Waals surface area contributed by atoms with Crippen LogP contribution in [-0.2, 0) is 10.0 Å². The lowest BCUT2D eigenvalue weighted by molar-refractivity contribution is 0.1000. The third kappa shape index (κ3) is 4.22. The molecular weight excluding hydrogens is 348 g/mol. The third-order valence-electron chi connectivity index (χ3n) is 3.71. The van der Waals surface area contributed by atoms with Crippen molar-refractivity contribution in [2.75, 3.05) is 26.2 Å². The van der Waals surface area contributed by atoms with Crippen LogP contribution in [-0.4, -0.2) is 60.9 Å². The van der Waals surface area contributed by atoms with Crippen molar-refractivity contribution in [1.82, 2.24) is 14.5 Å². The molecule has 0 aromatic heterocycles. The molecule has 1 aromatic carbocycles. The predicted octanol–water partition coefficient (Wildman–Crippen LogP) is 0.375. The SMILES string of the molecule is CC(C)NC(=S)N1CCN(S(=O)(=O)c2ccc(C(N)=O)cc2)CC1. The number of thiocarbonyl (C=S) groups is 1. The Kier molecular flexibility index (Phi) is 5.79. The highest BCUT2D eigenvalue weighted by Gasteiger charge is 2.29. The highest BCUT2D eigenvalue weighted by Crippen LogP contribution is 2.18. The Hall–Kier alpha value is -1.71. The van der Waals surface area contributed by atoms with Gasteiger partial charge in [-0.15, -0.1) is 0 Å². The Labute approximate surface area is 147 Å². The highest BCUT2D eigenvalue weighted by atomic mass is 32.2. The van der Waals surface area contributed by atoms with Crippen molar-refractivity contribution in [3.05, 3.63) is 29.8 Å². The zero-order valence-electron chi connectivity index (χ0n) is 13.7. The van der Waals surface area contributed by atoms with E-state index < -0.39 is 15.9 Å². The van der Waals surface area contributed by atoms with Crippen LogP contribution in [0.15, 0.2) is 29.2 Å². The summed E-state index contributed by atoms with van der Waals surface area (Å²) in [4.78, 5) is 13.2. The summed E-state index contributed by atoms with van der Waals surface area (Å²) in [5.74, 6) is -0.585. The van der Waals surface area contributed by atoms with Crippen molar-refractivity contribution in [2.24, 2.45) is 5.73 Å². The molecule has 1 aliphatic heterocycles. The first-order valence-electron chi connectivity index (χ1n) is 7.67. The Bertz CT molecular complexity index is 709. The molecule has 0 saturated carbocycles. The van der Waals surface area contributed by atoms with Crippen LogP contribution in [0.25, 0.3) is 0 Å². The predicted molar refractivity (Wildman–Crippen MR) is 96.2 cm³/mol. The molecule has 1 aliphatic rings. The summed E-state index contributed by atoms with van der Waals surface area (Å²) in [5, 5.41) is 3.81. The van der Waals surface area contributed by atoms with E-state index >= 15 is 0 Å². The molecule has 0 unspecified atom stereocenters. The van der Waals surface area contributed by atoms with Crippen LogP contribution in [0, 0.1) is 0 Å². The van der Waals surface area contributed by atoms with Gasteiger partial charge in [0.05, 0.1) is 4.90 Å². The minimum Gasteiger partial charge on any atom is -0.366 e. The summed E-state index contributed by atoms with van der Waals surface area (Å²) in [5.41, 5.74) is 5.45. The van der Waals surface area contributed by atoms with Crippen LogP contribution in [0.3, 0.4) is 0 Å². The molecule has 7 nitrogen and oxygen atoms in total. The van der Waals surface area contributed by atoms with Crippen molar-refractivity contribution in [3.8, 4) is 0 Å². The monoisotopic (exact) mass is 370 g/mol. The minimum atomic E-state index is -3.59. The molecule has 24 heavy (non-hydrogen) atoms. The van der Waals surface area contributed by atoms with Crippen molar-refractivity contribution in [1.29, 1.82) is 0 Å². The molecule has 0 bridgehead atoms. The summed E-state index contributed by atoms with van der Waals surface area (Å²) in [6.45, 7) is 5.81. The molecule has 1 heterocycles. The number of hydrogen-bond donors (Lipinski definition) is 2. The standard InChI is InChI=1S/C15H22N4O3S2/c1-11(2)17-15(23)18-7-9-19(10-8-18)24(21,22)13-5-3-12(4-6-13)14(16)20/h3-6,11H,7-10H2,1-2H3,(H2,16,20)(H,17,23). The van der Waals surface area contributed by atoms with Crippen LogP contribution in [0.4, 0.5) is 0 Å². The molecule has 0 aliphatic carbocycles. The van der Waals surface area contributed by atoms with Gasteiger partial charge in [0, 0.05) is 37.8 Å². The van der Waals surface area contributed by atoms with Gasteiger partial charge in [-0.2, -0.15) is 4.31 Å². The van der Waals surface area contributed by atoms with Gasteiger partial charge in [0.25, 0.3) is 0 Å². The first-order chi connectivity index (χ1) is 11.2. The number of primary amides is 1. The van der Waals surface area contributed by atoms with Crippen LogP contribution in [0.5, 0.6) is 0 Å². The summed E-state index contributed by atoms with van der Waals surface area (Å²) in [7, 11) is -3.59. The molecule has 1 fully saturated rings. The van der Waals surface area contributed by atoms with E-state index in [1.807, 2.05) is 18.7 Å². The van der Waals surface area contributed by atoms with E-state index in [1.54, 1.807) is 0 Å². The van der Waals surface area contributed by atoms with Gasteiger partial charge in [0.1, 0.15) is 0 Å². The zero-order valence-corrected chi connectivity index (χ0v) is 15.4. The number of benzene rings is 1. The van der Waals surface area contributed by atoms with Gasteiger partial charge in [0.15, 0.2) is 5.11 Å². The fraction of sp³-hybridized carbons (Fsp3) is 0.467. The smallest absolute Gasteiger partial charge is 0.248 e. The molecule has 9 heteroatoms. The average Bonchev–Trinajstić information content (AvgIpc) is 2.54. The number of nitrogens with two attached hydrogens (primary N) is 1. The third-order valence-corrected chi connectivity index (χ3v) is 6.00. The Morgan fingerprint density at radius 2 is 1.71 bits per heavy atom. The van der Waals surface area contributed by atoms with Crippen molar-refractivity contribution in [3.63, 3.8) is 0 Å². The topological polar surface area (TPSA) is 95.7 Å². The van der Waals surface area contributed by atoms with Crippen LogP contribution < -0.4 is 11.1 Å². The summed E-state index contributed by atoms with van der Waals surface area (Å²) in [6.07, 6.45) is 0. The quantitative estimate of drug-likeness (QED) is 0.744. The second-order valence-corrected chi connectivity index (χ2v) is 8.21. The van der Waals surface area contributed by atoms with Crippen molar-refractivity contribution >= 4 is 33.3 Å². The average molecular weight is 371 g/mol. The number of piperazine rings is 1. The second kappa shape index (κ2) is 7.45. The first-order valence-corrected chi connectivity index (χ1v) is 9.52. The van der Waals surface area contributed by atoms with E-state index in [1.165, 1.54) is 28.6 Å². The normalized spacial score (nSPS) is 16.2. The molecule has 2 rings (SSSR count). The zero-order chi connectivity index (χ0) is 17.9. The fourth-order valence-electron chi connectivity index (χ4n) is 2.41. The molecule has 1 amide bonds. The van der Waals surface area contributed by atoms with Gasteiger partial charge in [-0.1, -0.05) is 0 Å². The number of rotatable bonds is 4. The molecule has 0 spiro atoms. The molecule has 132 valence electrons. The van der Waals surface area contributed by atoms with E-state index in [-0.39, 0.29) is 16.5 Å². The van der Waals surface area contributed by atoms with Crippen LogP contribution in [0.1, 0.15) is 24.2 Å². The Balaban J connectivity index is 2.04. The van der Waals surface area contributed by atoms with E-state index in [0.29, 0.717) is 31.3 Å². The van der Waals surface area contributed by atoms with Gasteiger partial charge >= 0.3 is 0 Å². The van der Waals surface area contributed by atoms with E-state index in [0.717, 1.165) is 0 Å². The highest BCUT2D eigenvalue weighted by molar-refractivity contribution is 7.89. The number of carbonyl (C=O) groups excluding carboxylic acids is 1. The summed E-state index contributed by atoms with van der Waals surface area (Å²) < 4.78 is 26.8. The number of hydrogen-bond acceptors (Lipinski definition) is 4.